The Balaban J connectivity index is 1.97. The molecule has 1 unspecified atom stereocenters. The van der Waals surface area contributed by atoms with E-state index in [9.17, 15) is 0 Å². The van der Waals surface area contributed by atoms with Crippen LogP contribution in [0.3, 0.4) is 0 Å². The first-order valence-electron chi connectivity index (χ1n) is 4.50. The minimum atomic E-state index is 0.450. The average molecular weight is 165 g/mol. The lowest BCUT2D eigenvalue weighted by Gasteiger charge is -2.09. The minimum absolute atomic E-state index is 0.450. The first kappa shape index (κ1) is 7.80. The Morgan fingerprint density at radius 1 is 1.67 bits per heavy atom. The maximum absolute atomic E-state index is 4.14. The summed E-state index contributed by atoms with van der Waals surface area (Å²) in [7, 11) is 1.95. The molecular formula is C9H15N3. The van der Waals surface area contributed by atoms with Crippen molar-refractivity contribution in [3.05, 3.63) is 18.0 Å². The smallest absolute Gasteiger partial charge is 0.0537 e. The van der Waals surface area contributed by atoms with Gasteiger partial charge in [-0.2, -0.15) is 5.10 Å². The number of nitrogens with zero attached hydrogens (tertiary/aromatic N) is 2. The first-order chi connectivity index (χ1) is 5.75. The molecule has 12 heavy (non-hydrogen) atoms. The van der Waals surface area contributed by atoms with Crippen LogP contribution in [0.4, 0.5) is 0 Å². The fraction of sp³-hybridized carbons (Fsp3) is 0.667. The lowest BCUT2D eigenvalue weighted by Crippen LogP contribution is -2.20. The highest BCUT2D eigenvalue weighted by Gasteiger charge is 2.23. The Hall–Kier alpha value is -0.830. The standard InChI is InChI=1S/C9H15N3/c1-7(11-9-3-4-9)8-5-10-12(2)6-8/h5-7,9,11H,3-4H2,1-2H3. The van der Waals surface area contributed by atoms with Crippen molar-refractivity contribution in [2.24, 2.45) is 7.05 Å². The van der Waals surface area contributed by atoms with Crippen LogP contribution in [0, 0.1) is 0 Å². The maximum atomic E-state index is 4.14. The molecule has 1 fully saturated rings. The summed E-state index contributed by atoms with van der Waals surface area (Å²) in [6.07, 6.45) is 6.68. The molecule has 0 bridgehead atoms. The van der Waals surface area contributed by atoms with Gasteiger partial charge in [-0.15, -0.1) is 0 Å². The van der Waals surface area contributed by atoms with Gasteiger partial charge in [0.1, 0.15) is 0 Å². The Labute approximate surface area is 72.8 Å². The molecule has 1 heterocycles. The number of rotatable bonds is 3. The summed E-state index contributed by atoms with van der Waals surface area (Å²) in [6.45, 7) is 2.19. The zero-order valence-electron chi connectivity index (χ0n) is 7.62. The highest BCUT2D eigenvalue weighted by Crippen LogP contribution is 2.23. The van der Waals surface area contributed by atoms with Gasteiger partial charge in [0.2, 0.25) is 0 Å². The molecule has 66 valence electrons. The van der Waals surface area contributed by atoms with Gasteiger partial charge < -0.3 is 5.32 Å². The van der Waals surface area contributed by atoms with E-state index in [2.05, 4.69) is 23.5 Å². The predicted octanol–water partition coefficient (Wildman–Crippen LogP) is 1.23. The third-order valence-electron chi connectivity index (χ3n) is 2.29. The average Bonchev–Trinajstić information content (AvgIpc) is 2.72. The van der Waals surface area contributed by atoms with Crippen molar-refractivity contribution >= 4 is 0 Å². The van der Waals surface area contributed by atoms with Crippen LogP contribution in [0.2, 0.25) is 0 Å². The van der Waals surface area contributed by atoms with Gasteiger partial charge in [-0.1, -0.05) is 0 Å². The summed E-state index contributed by atoms with van der Waals surface area (Å²) in [5.41, 5.74) is 1.28. The van der Waals surface area contributed by atoms with Crippen molar-refractivity contribution in [3.63, 3.8) is 0 Å². The van der Waals surface area contributed by atoms with Crippen LogP contribution in [0.15, 0.2) is 12.4 Å². The van der Waals surface area contributed by atoms with Crippen molar-refractivity contribution in [3.8, 4) is 0 Å². The third-order valence-corrected chi connectivity index (χ3v) is 2.29. The summed E-state index contributed by atoms with van der Waals surface area (Å²) in [4.78, 5) is 0. The molecule has 2 rings (SSSR count). The van der Waals surface area contributed by atoms with Crippen LogP contribution in [-0.2, 0) is 7.05 Å². The van der Waals surface area contributed by atoms with Crippen molar-refractivity contribution in [2.45, 2.75) is 31.8 Å². The molecule has 0 saturated heterocycles. The minimum Gasteiger partial charge on any atom is -0.307 e. The van der Waals surface area contributed by atoms with E-state index >= 15 is 0 Å². The molecule has 3 heteroatoms. The lowest BCUT2D eigenvalue weighted by atomic mass is 10.2. The molecule has 1 aromatic rings. The zero-order valence-corrected chi connectivity index (χ0v) is 7.62. The quantitative estimate of drug-likeness (QED) is 0.730. The number of aromatic nitrogens is 2. The fourth-order valence-electron chi connectivity index (χ4n) is 1.36. The number of aryl methyl sites for hydroxylation is 1. The van der Waals surface area contributed by atoms with Gasteiger partial charge in [0, 0.05) is 30.9 Å². The topological polar surface area (TPSA) is 29.9 Å². The van der Waals surface area contributed by atoms with Crippen molar-refractivity contribution in [1.29, 1.82) is 0 Å². The lowest BCUT2D eigenvalue weighted by molar-refractivity contribution is 0.570. The van der Waals surface area contributed by atoms with E-state index in [1.54, 1.807) is 0 Å². The normalized spacial score (nSPS) is 19.5. The summed E-state index contributed by atoms with van der Waals surface area (Å²) < 4.78 is 1.85. The second-order valence-electron chi connectivity index (χ2n) is 3.61. The molecule has 1 N–H and O–H groups in total. The molecule has 0 amide bonds. The molecule has 1 aliphatic carbocycles. The van der Waals surface area contributed by atoms with Crippen LogP contribution >= 0.6 is 0 Å². The van der Waals surface area contributed by atoms with Crippen molar-refractivity contribution in [1.82, 2.24) is 15.1 Å². The number of nitrogens with one attached hydrogen (secondary N) is 1. The molecule has 0 spiro atoms. The summed E-state index contributed by atoms with van der Waals surface area (Å²) in [6, 6.07) is 1.21. The summed E-state index contributed by atoms with van der Waals surface area (Å²) in [5, 5.41) is 7.67. The molecule has 1 aliphatic rings. The van der Waals surface area contributed by atoms with Gasteiger partial charge in [-0.05, 0) is 19.8 Å². The maximum Gasteiger partial charge on any atom is 0.0537 e. The van der Waals surface area contributed by atoms with Crippen LogP contribution in [0.1, 0.15) is 31.4 Å². The van der Waals surface area contributed by atoms with Crippen LogP contribution in [-0.4, -0.2) is 15.8 Å². The molecule has 0 aliphatic heterocycles. The molecule has 1 atom stereocenters. The Kier molecular flexibility index (Phi) is 1.89. The van der Waals surface area contributed by atoms with Gasteiger partial charge in [0.05, 0.1) is 6.20 Å². The SMILES string of the molecule is CC(NC1CC1)c1cnn(C)c1. The van der Waals surface area contributed by atoms with E-state index < -0.39 is 0 Å². The molecule has 1 aromatic heterocycles. The summed E-state index contributed by atoms with van der Waals surface area (Å²) in [5.74, 6) is 0. The van der Waals surface area contributed by atoms with Crippen LogP contribution in [0.25, 0.3) is 0 Å². The monoisotopic (exact) mass is 165 g/mol. The molecule has 1 saturated carbocycles. The second kappa shape index (κ2) is 2.90. The second-order valence-corrected chi connectivity index (χ2v) is 3.61. The highest BCUT2D eigenvalue weighted by molar-refractivity contribution is 5.09. The van der Waals surface area contributed by atoms with Gasteiger partial charge in [0.15, 0.2) is 0 Å². The van der Waals surface area contributed by atoms with Crippen LogP contribution < -0.4 is 5.32 Å². The van der Waals surface area contributed by atoms with Crippen LogP contribution in [0.5, 0.6) is 0 Å². The Bertz CT molecular complexity index is 262. The number of hydrogen-bond acceptors (Lipinski definition) is 2. The van der Waals surface area contributed by atoms with Crippen molar-refractivity contribution in [2.75, 3.05) is 0 Å². The molecular weight excluding hydrogens is 150 g/mol. The Morgan fingerprint density at radius 3 is 2.92 bits per heavy atom. The predicted molar refractivity (Wildman–Crippen MR) is 47.8 cm³/mol. The van der Waals surface area contributed by atoms with Gasteiger partial charge in [0.25, 0.3) is 0 Å². The number of hydrogen-bond donors (Lipinski definition) is 1. The van der Waals surface area contributed by atoms with E-state index in [-0.39, 0.29) is 0 Å². The van der Waals surface area contributed by atoms with E-state index in [1.807, 2.05) is 17.9 Å². The van der Waals surface area contributed by atoms with E-state index in [0.29, 0.717) is 6.04 Å². The van der Waals surface area contributed by atoms with Crippen molar-refractivity contribution < 1.29 is 0 Å². The van der Waals surface area contributed by atoms with Gasteiger partial charge >= 0.3 is 0 Å². The molecule has 0 radical (unpaired) electrons. The summed E-state index contributed by atoms with van der Waals surface area (Å²) >= 11 is 0. The highest BCUT2D eigenvalue weighted by atomic mass is 15.2. The largest absolute Gasteiger partial charge is 0.307 e. The van der Waals surface area contributed by atoms with E-state index in [0.717, 1.165) is 6.04 Å². The zero-order chi connectivity index (χ0) is 8.55. The Morgan fingerprint density at radius 2 is 2.42 bits per heavy atom. The fourth-order valence-corrected chi connectivity index (χ4v) is 1.36. The first-order valence-corrected chi connectivity index (χ1v) is 4.50. The van der Waals surface area contributed by atoms with Gasteiger partial charge in [-0.3, -0.25) is 4.68 Å². The van der Waals surface area contributed by atoms with E-state index in [4.69, 9.17) is 0 Å². The third kappa shape index (κ3) is 1.67. The van der Waals surface area contributed by atoms with E-state index in [1.165, 1.54) is 18.4 Å². The molecule has 3 nitrogen and oxygen atoms in total. The van der Waals surface area contributed by atoms with Gasteiger partial charge in [-0.25, -0.2) is 0 Å². The molecule has 0 aromatic carbocycles.